The molecular weight excluding hydrogens is 339 g/mol. The van der Waals surface area contributed by atoms with Gasteiger partial charge < -0.3 is 4.74 Å². The third-order valence-electron chi connectivity index (χ3n) is 3.05. The predicted octanol–water partition coefficient (Wildman–Crippen LogP) is 3.81. The van der Waals surface area contributed by atoms with Gasteiger partial charge in [0.25, 0.3) is 0 Å². The molecule has 90 valence electrons. The second-order valence-electron chi connectivity index (χ2n) is 4.21. The summed E-state index contributed by atoms with van der Waals surface area (Å²) in [6.45, 7) is 0. The summed E-state index contributed by atoms with van der Waals surface area (Å²) in [5.74, 6) is 0.829. The summed E-state index contributed by atoms with van der Waals surface area (Å²) in [4.78, 5) is 12.3. The molecule has 0 radical (unpaired) electrons. The Hall–Kier alpha value is -1.36. The van der Waals surface area contributed by atoms with Crippen LogP contribution < -0.4 is 4.74 Å². The van der Waals surface area contributed by atoms with Gasteiger partial charge in [-0.2, -0.15) is 0 Å². The summed E-state index contributed by atoms with van der Waals surface area (Å²) >= 11 is 2.17. The van der Waals surface area contributed by atoms with Gasteiger partial charge >= 0.3 is 0 Å². The van der Waals surface area contributed by atoms with Crippen molar-refractivity contribution in [3.63, 3.8) is 0 Å². The zero-order valence-corrected chi connectivity index (χ0v) is 11.7. The zero-order chi connectivity index (χ0) is 12.5. The molecule has 0 fully saturated rings. The van der Waals surface area contributed by atoms with E-state index in [0.29, 0.717) is 11.3 Å². The molecule has 3 heteroatoms. The molecule has 0 saturated heterocycles. The number of carbonyl (C=O) groups is 1. The summed E-state index contributed by atoms with van der Waals surface area (Å²) in [6.07, 6.45) is -0.200. The highest BCUT2D eigenvalue weighted by molar-refractivity contribution is 14.1. The Kier molecular flexibility index (Phi) is 3.07. The van der Waals surface area contributed by atoms with Crippen LogP contribution in [0.2, 0.25) is 0 Å². The van der Waals surface area contributed by atoms with Crippen molar-refractivity contribution < 1.29 is 9.53 Å². The Labute approximate surface area is 119 Å². The van der Waals surface area contributed by atoms with Crippen molar-refractivity contribution in [3.8, 4) is 5.75 Å². The maximum absolute atomic E-state index is 12.3. The Morgan fingerprint density at radius 2 is 1.61 bits per heavy atom. The van der Waals surface area contributed by atoms with Gasteiger partial charge in [-0.3, -0.25) is 4.79 Å². The Bertz CT molecular complexity index is 580. The van der Waals surface area contributed by atoms with Crippen molar-refractivity contribution in [3.05, 3.63) is 65.7 Å². The van der Waals surface area contributed by atoms with Gasteiger partial charge in [-0.25, -0.2) is 0 Å². The minimum Gasteiger partial charge on any atom is -0.483 e. The van der Waals surface area contributed by atoms with E-state index in [1.807, 2.05) is 54.6 Å². The molecule has 2 aromatic rings. The highest BCUT2D eigenvalue weighted by atomic mass is 127. The maximum atomic E-state index is 12.3. The molecule has 1 aliphatic heterocycles. The number of halogens is 1. The highest BCUT2D eigenvalue weighted by Crippen LogP contribution is 2.38. The zero-order valence-electron chi connectivity index (χ0n) is 9.55. The van der Waals surface area contributed by atoms with Gasteiger partial charge in [0.15, 0.2) is 5.78 Å². The van der Waals surface area contributed by atoms with E-state index in [4.69, 9.17) is 4.74 Å². The number of alkyl halides is 1. The molecule has 0 amide bonds. The summed E-state index contributed by atoms with van der Waals surface area (Å²) < 4.78 is 5.79. The number of carbonyl (C=O) groups excluding carboxylic acids is 1. The van der Waals surface area contributed by atoms with Gasteiger partial charge in [0.1, 0.15) is 15.8 Å². The number of ether oxygens (including phenoxy) is 1. The van der Waals surface area contributed by atoms with Crippen molar-refractivity contribution in [2.24, 2.45) is 0 Å². The Balaban J connectivity index is 2.04. The number of Topliss-reactive ketones (excluding diaryl/α,β-unsaturated/α-hetero) is 1. The number of fused-ring (bicyclic) bond motifs is 1. The van der Waals surface area contributed by atoms with Gasteiger partial charge in [0, 0.05) is 0 Å². The minimum absolute atomic E-state index is 0.145. The maximum Gasteiger partial charge on any atom is 0.183 e. The first-order chi connectivity index (χ1) is 8.77. The third-order valence-corrected chi connectivity index (χ3v) is 4.27. The average Bonchev–Trinajstić information content (AvgIpc) is 2.44. The number of hydrogen-bond donors (Lipinski definition) is 0. The molecule has 18 heavy (non-hydrogen) atoms. The van der Waals surface area contributed by atoms with Crippen molar-refractivity contribution in [2.45, 2.75) is 10.0 Å². The molecule has 2 nitrogen and oxygen atoms in total. The van der Waals surface area contributed by atoms with Crippen LogP contribution in [0.3, 0.4) is 0 Å². The van der Waals surface area contributed by atoms with Crippen LogP contribution in [-0.4, -0.2) is 9.71 Å². The molecule has 1 aliphatic rings. The van der Waals surface area contributed by atoms with Crippen LogP contribution >= 0.6 is 22.6 Å². The first-order valence-corrected chi connectivity index (χ1v) is 7.01. The van der Waals surface area contributed by atoms with Crippen LogP contribution in [0.25, 0.3) is 0 Å². The molecular formula is C15H11IO2. The lowest BCUT2D eigenvalue weighted by atomic mass is 9.96. The van der Waals surface area contributed by atoms with E-state index < -0.39 is 0 Å². The van der Waals surface area contributed by atoms with Gasteiger partial charge in [-0.1, -0.05) is 65.1 Å². The Morgan fingerprint density at radius 1 is 0.944 bits per heavy atom. The molecule has 0 unspecified atom stereocenters. The van der Waals surface area contributed by atoms with Gasteiger partial charge in [-0.15, -0.1) is 0 Å². The van der Waals surface area contributed by atoms with E-state index in [1.54, 1.807) is 0 Å². The summed E-state index contributed by atoms with van der Waals surface area (Å²) in [5, 5.41) is 0. The highest BCUT2D eigenvalue weighted by Gasteiger charge is 2.35. The molecule has 0 aromatic heterocycles. The number of ketones is 1. The topological polar surface area (TPSA) is 26.3 Å². The normalized spacial score (nSPS) is 22.2. The summed E-state index contributed by atoms with van der Waals surface area (Å²) in [5.41, 5.74) is 1.73. The predicted molar refractivity (Wildman–Crippen MR) is 78.4 cm³/mol. The number of hydrogen-bond acceptors (Lipinski definition) is 2. The SMILES string of the molecule is O=C1c2ccccc2O[C@@H](c2ccccc2)[C@@H]1I. The second kappa shape index (κ2) is 4.72. The van der Waals surface area contributed by atoms with Crippen LogP contribution in [0.4, 0.5) is 0 Å². The van der Waals surface area contributed by atoms with Crippen molar-refractivity contribution in [2.75, 3.05) is 0 Å². The quantitative estimate of drug-likeness (QED) is 0.578. The smallest absolute Gasteiger partial charge is 0.183 e. The third kappa shape index (κ3) is 1.92. The molecule has 0 N–H and O–H groups in total. The van der Waals surface area contributed by atoms with Gasteiger partial charge in [0.2, 0.25) is 0 Å². The summed E-state index contributed by atoms with van der Waals surface area (Å²) in [7, 11) is 0. The van der Waals surface area contributed by atoms with E-state index in [1.165, 1.54) is 0 Å². The molecule has 0 spiro atoms. The van der Waals surface area contributed by atoms with E-state index in [9.17, 15) is 4.79 Å². The lowest BCUT2D eigenvalue weighted by molar-refractivity contribution is 0.0880. The largest absolute Gasteiger partial charge is 0.483 e. The average molecular weight is 350 g/mol. The lowest BCUT2D eigenvalue weighted by Crippen LogP contribution is -2.31. The van der Waals surface area contributed by atoms with E-state index in [-0.39, 0.29) is 15.8 Å². The fraction of sp³-hybridized carbons (Fsp3) is 0.133. The van der Waals surface area contributed by atoms with Crippen LogP contribution in [0.5, 0.6) is 5.75 Å². The summed E-state index contributed by atoms with van der Waals surface area (Å²) in [6, 6.07) is 17.3. The van der Waals surface area contributed by atoms with Crippen LogP contribution in [-0.2, 0) is 0 Å². The molecule has 1 heterocycles. The van der Waals surface area contributed by atoms with Gasteiger partial charge in [-0.05, 0) is 17.7 Å². The van der Waals surface area contributed by atoms with E-state index in [2.05, 4.69) is 22.6 Å². The molecule has 2 atom stereocenters. The van der Waals surface area contributed by atoms with Crippen molar-refractivity contribution in [1.29, 1.82) is 0 Å². The first-order valence-electron chi connectivity index (χ1n) is 5.76. The Morgan fingerprint density at radius 3 is 2.39 bits per heavy atom. The fourth-order valence-corrected chi connectivity index (χ4v) is 3.03. The molecule has 0 saturated carbocycles. The van der Waals surface area contributed by atoms with E-state index >= 15 is 0 Å². The first kappa shape index (κ1) is 11.7. The molecule has 0 bridgehead atoms. The second-order valence-corrected chi connectivity index (χ2v) is 5.55. The van der Waals surface area contributed by atoms with Crippen molar-refractivity contribution >= 4 is 28.4 Å². The number of benzene rings is 2. The monoisotopic (exact) mass is 350 g/mol. The number of para-hydroxylation sites is 1. The fourth-order valence-electron chi connectivity index (χ4n) is 2.14. The lowest BCUT2D eigenvalue weighted by Gasteiger charge is -2.29. The molecule has 0 aliphatic carbocycles. The van der Waals surface area contributed by atoms with Crippen molar-refractivity contribution in [1.82, 2.24) is 0 Å². The van der Waals surface area contributed by atoms with Gasteiger partial charge in [0.05, 0.1) is 5.56 Å². The van der Waals surface area contributed by atoms with Crippen LogP contribution in [0.1, 0.15) is 22.0 Å². The minimum atomic E-state index is -0.200. The molecule has 2 aromatic carbocycles. The van der Waals surface area contributed by atoms with E-state index in [0.717, 1.165) is 5.56 Å². The number of rotatable bonds is 1. The molecule has 3 rings (SSSR count). The van der Waals surface area contributed by atoms with Crippen LogP contribution in [0.15, 0.2) is 54.6 Å². The van der Waals surface area contributed by atoms with Crippen LogP contribution in [0, 0.1) is 0 Å². The standard InChI is InChI=1S/C15H11IO2/c16-13-14(17)11-8-4-5-9-12(11)18-15(13)10-6-2-1-3-7-10/h1-9,13,15H/t13-,15+/m1/s1.